The molecule has 0 radical (unpaired) electrons. The lowest BCUT2D eigenvalue weighted by Gasteiger charge is -2.08. The first kappa shape index (κ1) is 15.2. The second-order valence-corrected chi connectivity index (χ2v) is 5.00. The lowest BCUT2D eigenvalue weighted by molar-refractivity contribution is 0.210. The van der Waals surface area contributed by atoms with Gasteiger partial charge in [0.1, 0.15) is 11.6 Å². The Morgan fingerprint density at radius 3 is 2.83 bits per heavy atom. The number of nitrogens with one attached hydrogen (secondary N) is 1. The first-order chi connectivity index (χ1) is 11.1. The number of nitrogens with zero attached hydrogens (tertiary/aromatic N) is 4. The highest BCUT2D eigenvalue weighted by Gasteiger charge is 2.18. The number of ether oxygens (including phenoxy) is 1. The van der Waals surface area contributed by atoms with Crippen LogP contribution in [0.4, 0.5) is 16.2 Å². The summed E-state index contributed by atoms with van der Waals surface area (Å²) in [5.41, 5.74) is 7.24. The number of aromatic nitrogens is 4. The van der Waals surface area contributed by atoms with Crippen LogP contribution in [0.2, 0.25) is 0 Å². The molecule has 0 saturated heterocycles. The predicted octanol–water partition coefficient (Wildman–Crippen LogP) is 1.81. The van der Waals surface area contributed by atoms with E-state index in [0.717, 1.165) is 0 Å². The largest absolute Gasteiger partial charge is 0.383 e. The Kier molecular flexibility index (Phi) is 4.07. The molecular formula is C15H17FN6O. The van der Waals surface area contributed by atoms with E-state index in [1.54, 1.807) is 32.4 Å². The lowest BCUT2D eigenvalue weighted by Crippen LogP contribution is -2.11. The minimum atomic E-state index is -0.376. The third kappa shape index (κ3) is 2.80. The van der Waals surface area contributed by atoms with Gasteiger partial charge in [-0.25, -0.2) is 9.37 Å². The molecule has 1 aromatic carbocycles. The van der Waals surface area contributed by atoms with E-state index in [4.69, 9.17) is 10.5 Å². The van der Waals surface area contributed by atoms with Crippen molar-refractivity contribution in [2.45, 2.75) is 0 Å². The van der Waals surface area contributed by atoms with Crippen LogP contribution in [0, 0.1) is 5.82 Å². The second kappa shape index (κ2) is 6.17. The number of methoxy groups -OCH3 is 1. The van der Waals surface area contributed by atoms with Gasteiger partial charge in [0.15, 0.2) is 5.65 Å². The third-order valence-corrected chi connectivity index (χ3v) is 3.46. The number of halogens is 1. The Hall–Kier alpha value is -2.74. The monoisotopic (exact) mass is 316 g/mol. The number of nitrogen functional groups attached to an aromatic ring is 1. The number of rotatable bonds is 5. The number of hydrogen-bond acceptors (Lipinski definition) is 6. The van der Waals surface area contributed by atoms with Crippen LogP contribution in [0.25, 0.3) is 22.3 Å². The van der Waals surface area contributed by atoms with E-state index in [1.165, 1.54) is 10.7 Å². The molecule has 23 heavy (non-hydrogen) atoms. The quantitative estimate of drug-likeness (QED) is 0.698. The highest BCUT2D eigenvalue weighted by atomic mass is 19.1. The minimum absolute atomic E-state index is 0.353. The summed E-state index contributed by atoms with van der Waals surface area (Å²) in [5, 5.41) is 7.84. The first-order valence-corrected chi connectivity index (χ1v) is 7.09. The second-order valence-electron chi connectivity index (χ2n) is 5.00. The third-order valence-electron chi connectivity index (χ3n) is 3.46. The van der Waals surface area contributed by atoms with Gasteiger partial charge < -0.3 is 15.8 Å². The minimum Gasteiger partial charge on any atom is -0.383 e. The molecule has 0 aliphatic carbocycles. The summed E-state index contributed by atoms with van der Waals surface area (Å²) in [7, 11) is 3.32. The van der Waals surface area contributed by atoms with Crippen molar-refractivity contribution in [2.24, 2.45) is 7.05 Å². The summed E-state index contributed by atoms with van der Waals surface area (Å²) >= 11 is 0. The van der Waals surface area contributed by atoms with Crippen molar-refractivity contribution in [3.8, 4) is 11.3 Å². The highest BCUT2D eigenvalue weighted by molar-refractivity contribution is 5.98. The van der Waals surface area contributed by atoms with Crippen LogP contribution in [0.15, 0.2) is 24.3 Å². The summed E-state index contributed by atoms with van der Waals surface area (Å²) in [5.74, 6) is 0.367. The van der Waals surface area contributed by atoms with Crippen molar-refractivity contribution in [3.63, 3.8) is 0 Å². The maximum absolute atomic E-state index is 14.2. The van der Waals surface area contributed by atoms with E-state index in [9.17, 15) is 4.39 Å². The van der Waals surface area contributed by atoms with Crippen molar-refractivity contribution in [3.05, 3.63) is 30.1 Å². The molecule has 0 spiro atoms. The molecule has 0 bridgehead atoms. The molecule has 2 aromatic heterocycles. The van der Waals surface area contributed by atoms with Gasteiger partial charge in [0.05, 0.1) is 17.7 Å². The molecule has 0 saturated carbocycles. The van der Waals surface area contributed by atoms with Gasteiger partial charge in [0.25, 0.3) is 0 Å². The van der Waals surface area contributed by atoms with Crippen molar-refractivity contribution in [1.29, 1.82) is 0 Å². The normalized spacial score (nSPS) is 11.1. The highest BCUT2D eigenvalue weighted by Crippen LogP contribution is 2.32. The number of anilines is 2. The van der Waals surface area contributed by atoms with Crippen molar-refractivity contribution < 1.29 is 9.13 Å². The number of fused-ring (bicyclic) bond motifs is 1. The van der Waals surface area contributed by atoms with E-state index >= 15 is 0 Å². The standard InChI is InChI=1S/C15H17FN6O/c1-22-13(17)11-12(9-5-3-4-6-10(9)16)19-15(18-7-8-23-2)20-14(11)21-22/h3-6H,7-8,17H2,1-2H3,(H,18,20,21). The zero-order valence-electron chi connectivity index (χ0n) is 12.9. The molecule has 8 heteroatoms. The number of hydrogen-bond donors (Lipinski definition) is 2. The van der Waals surface area contributed by atoms with Gasteiger partial charge in [0, 0.05) is 26.3 Å². The smallest absolute Gasteiger partial charge is 0.225 e. The number of benzene rings is 1. The average molecular weight is 316 g/mol. The fraction of sp³-hybridized carbons (Fsp3) is 0.267. The molecule has 0 aliphatic rings. The Balaban J connectivity index is 2.18. The fourth-order valence-corrected chi connectivity index (χ4v) is 2.31. The molecule has 2 heterocycles. The van der Waals surface area contributed by atoms with E-state index in [0.29, 0.717) is 47.2 Å². The topological polar surface area (TPSA) is 90.9 Å². The van der Waals surface area contributed by atoms with Crippen LogP contribution in [-0.4, -0.2) is 40.0 Å². The molecule has 0 aliphatic heterocycles. The van der Waals surface area contributed by atoms with Crippen LogP contribution >= 0.6 is 0 Å². The van der Waals surface area contributed by atoms with Crippen molar-refractivity contribution in [1.82, 2.24) is 19.7 Å². The van der Waals surface area contributed by atoms with Crippen LogP contribution in [0.1, 0.15) is 0 Å². The van der Waals surface area contributed by atoms with Crippen LogP contribution in [0.5, 0.6) is 0 Å². The molecule has 0 amide bonds. The number of nitrogens with two attached hydrogens (primary N) is 1. The van der Waals surface area contributed by atoms with Gasteiger partial charge in [-0.05, 0) is 12.1 Å². The molecule has 0 unspecified atom stereocenters. The Morgan fingerprint density at radius 2 is 2.09 bits per heavy atom. The molecule has 0 fully saturated rings. The molecule has 3 N–H and O–H groups in total. The molecule has 3 aromatic rings. The van der Waals surface area contributed by atoms with E-state index in [-0.39, 0.29) is 5.82 Å². The fourth-order valence-electron chi connectivity index (χ4n) is 2.31. The van der Waals surface area contributed by atoms with Gasteiger partial charge in [0.2, 0.25) is 5.95 Å². The first-order valence-electron chi connectivity index (χ1n) is 7.09. The molecule has 0 atom stereocenters. The van der Waals surface area contributed by atoms with Gasteiger partial charge in [-0.1, -0.05) is 12.1 Å². The molecular weight excluding hydrogens is 299 g/mol. The Labute approximate surface area is 132 Å². The SMILES string of the molecule is COCCNc1nc(-c2ccccc2F)c2c(N)n(C)nc2n1. The predicted molar refractivity (Wildman–Crippen MR) is 86.5 cm³/mol. The average Bonchev–Trinajstić information content (AvgIpc) is 2.82. The molecule has 7 nitrogen and oxygen atoms in total. The zero-order valence-corrected chi connectivity index (χ0v) is 12.9. The van der Waals surface area contributed by atoms with E-state index in [2.05, 4.69) is 20.4 Å². The van der Waals surface area contributed by atoms with E-state index in [1.807, 2.05) is 0 Å². The Morgan fingerprint density at radius 1 is 1.30 bits per heavy atom. The maximum atomic E-state index is 14.2. The summed E-state index contributed by atoms with van der Waals surface area (Å²) in [6.07, 6.45) is 0. The maximum Gasteiger partial charge on any atom is 0.225 e. The van der Waals surface area contributed by atoms with Crippen molar-refractivity contribution >= 4 is 22.8 Å². The van der Waals surface area contributed by atoms with Gasteiger partial charge in [-0.2, -0.15) is 10.1 Å². The van der Waals surface area contributed by atoms with Gasteiger partial charge >= 0.3 is 0 Å². The lowest BCUT2D eigenvalue weighted by atomic mass is 10.1. The van der Waals surface area contributed by atoms with Crippen LogP contribution < -0.4 is 11.1 Å². The summed E-state index contributed by atoms with van der Waals surface area (Å²) < 4.78 is 20.7. The summed E-state index contributed by atoms with van der Waals surface area (Å²) in [4.78, 5) is 8.76. The summed E-state index contributed by atoms with van der Waals surface area (Å²) in [6.45, 7) is 1.03. The van der Waals surface area contributed by atoms with Crippen LogP contribution in [-0.2, 0) is 11.8 Å². The molecule has 120 valence electrons. The van der Waals surface area contributed by atoms with Gasteiger partial charge in [-0.15, -0.1) is 0 Å². The zero-order chi connectivity index (χ0) is 16.4. The van der Waals surface area contributed by atoms with Crippen molar-refractivity contribution in [2.75, 3.05) is 31.3 Å². The van der Waals surface area contributed by atoms with Crippen LogP contribution in [0.3, 0.4) is 0 Å². The number of aryl methyl sites for hydroxylation is 1. The Bertz CT molecular complexity index is 847. The van der Waals surface area contributed by atoms with Gasteiger partial charge in [-0.3, -0.25) is 4.68 Å². The van der Waals surface area contributed by atoms with E-state index < -0.39 is 0 Å². The summed E-state index contributed by atoms with van der Waals surface area (Å²) in [6, 6.07) is 6.41. The molecule has 3 rings (SSSR count).